The van der Waals surface area contributed by atoms with Crippen molar-refractivity contribution < 1.29 is 4.79 Å². The number of hydrogen-bond donors (Lipinski definition) is 1. The van der Waals surface area contributed by atoms with E-state index in [9.17, 15) is 4.79 Å². The third-order valence-electron chi connectivity index (χ3n) is 4.88. The molecule has 0 saturated carbocycles. The van der Waals surface area contributed by atoms with E-state index in [0.29, 0.717) is 17.6 Å². The summed E-state index contributed by atoms with van der Waals surface area (Å²) in [6.07, 6.45) is 4.19. The number of aromatic nitrogens is 2. The van der Waals surface area contributed by atoms with E-state index in [1.54, 1.807) is 6.07 Å². The number of anilines is 1. The highest BCUT2D eigenvalue weighted by Gasteiger charge is 2.25. The maximum Gasteiger partial charge on any atom is 0.272 e. The topological polar surface area (TPSA) is 58.1 Å². The second-order valence-corrected chi connectivity index (χ2v) is 7.07. The fraction of sp³-hybridized carbons (Fsp3) is 0.476. The first kappa shape index (κ1) is 18.4. The predicted octanol–water partition coefficient (Wildman–Crippen LogP) is 3.70. The van der Waals surface area contributed by atoms with Crippen molar-refractivity contribution in [3.8, 4) is 0 Å². The first-order valence-electron chi connectivity index (χ1n) is 9.58. The summed E-state index contributed by atoms with van der Waals surface area (Å²) >= 11 is 0. The van der Waals surface area contributed by atoms with Gasteiger partial charge < -0.3 is 10.2 Å². The summed E-state index contributed by atoms with van der Waals surface area (Å²) in [5.74, 6) is 1.22. The molecule has 5 heteroatoms. The van der Waals surface area contributed by atoms with Crippen LogP contribution < -0.4 is 5.32 Å². The molecular weight excluding hydrogens is 324 g/mol. The molecule has 0 bridgehead atoms. The number of amides is 1. The van der Waals surface area contributed by atoms with E-state index < -0.39 is 0 Å². The van der Waals surface area contributed by atoms with Gasteiger partial charge in [0.25, 0.3) is 5.91 Å². The van der Waals surface area contributed by atoms with E-state index in [-0.39, 0.29) is 5.91 Å². The van der Waals surface area contributed by atoms with Crippen molar-refractivity contribution in [1.82, 2.24) is 14.9 Å². The molecule has 0 aliphatic carbocycles. The van der Waals surface area contributed by atoms with Crippen molar-refractivity contribution in [2.45, 2.75) is 39.5 Å². The molecule has 138 valence electrons. The molecule has 1 aliphatic heterocycles. The van der Waals surface area contributed by atoms with Gasteiger partial charge in [-0.1, -0.05) is 37.3 Å². The Morgan fingerprint density at radius 2 is 1.92 bits per heavy atom. The number of nitrogens with zero attached hydrogens (tertiary/aromatic N) is 3. The standard InChI is InChI=1S/C21H28N4O/c1-3-11-22-21-23-16(2)14-19(24-21)20(26)25-12-9-18(10-13-25)15-17-7-5-4-6-8-17/h4-8,14,18H,3,9-13,15H2,1-2H3,(H,22,23,24). The van der Waals surface area contributed by atoms with Crippen LogP contribution >= 0.6 is 0 Å². The van der Waals surface area contributed by atoms with Crippen LogP contribution in [0.5, 0.6) is 0 Å². The van der Waals surface area contributed by atoms with Crippen LogP contribution in [0.4, 0.5) is 5.95 Å². The van der Waals surface area contributed by atoms with Gasteiger partial charge in [-0.05, 0) is 50.2 Å². The van der Waals surface area contributed by atoms with Crippen LogP contribution in [-0.2, 0) is 6.42 Å². The minimum Gasteiger partial charge on any atom is -0.354 e. The molecule has 0 radical (unpaired) electrons. The molecule has 0 spiro atoms. The maximum absolute atomic E-state index is 12.9. The number of hydrogen-bond acceptors (Lipinski definition) is 4. The van der Waals surface area contributed by atoms with E-state index in [2.05, 4.69) is 52.5 Å². The van der Waals surface area contributed by atoms with Crippen LogP contribution in [0, 0.1) is 12.8 Å². The molecule has 2 aromatic rings. The SMILES string of the molecule is CCCNc1nc(C)cc(C(=O)N2CCC(Cc3ccccc3)CC2)n1. The quantitative estimate of drug-likeness (QED) is 0.861. The molecule has 0 unspecified atom stereocenters. The Bertz CT molecular complexity index is 724. The lowest BCUT2D eigenvalue weighted by Gasteiger charge is -2.32. The Kier molecular flexibility index (Phi) is 6.21. The molecule has 3 rings (SSSR count). The molecular formula is C21H28N4O. The Hall–Kier alpha value is -2.43. The van der Waals surface area contributed by atoms with Crippen LogP contribution in [0.2, 0.25) is 0 Å². The number of likely N-dealkylation sites (tertiary alicyclic amines) is 1. The highest BCUT2D eigenvalue weighted by atomic mass is 16.2. The molecule has 0 atom stereocenters. The van der Waals surface area contributed by atoms with Gasteiger partial charge in [0.05, 0.1) is 0 Å². The van der Waals surface area contributed by atoms with Gasteiger partial charge in [-0.15, -0.1) is 0 Å². The minimum absolute atomic E-state index is 0.0215. The van der Waals surface area contributed by atoms with E-state index >= 15 is 0 Å². The number of carbonyl (C=O) groups excluding carboxylic acids is 1. The van der Waals surface area contributed by atoms with Crippen molar-refractivity contribution in [1.29, 1.82) is 0 Å². The largest absolute Gasteiger partial charge is 0.354 e. The van der Waals surface area contributed by atoms with E-state index in [1.165, 1.54) is 5.56 Å². The molecule has 5 nitrogen and oxygen atoms in total. The zero-order chi connectivity index (χ0) is 18.4. The highest BCUT2D eigenvalue weighted by Crippen LogP contribution is 2.23. The summed E-state index contributed by atoms with van der Waals surface area (Å²) in [6, 6.07) is 12.4. The zero-order valence-electron chi connectivity index (χ0n) is 15.7. The van der Waals surface area contributed by atoms with Crippen molar-refractivity contribution >= 4 is 11.9 Å². The molecule has 1 N–H and O–H groups in total. The van der Waals surface area contributed by atoms with Crippen molar-refractivity contribution in [2.24, 2.45) is 5.92 Å². The first-order chi connectivity index (χ1) is 12.7. The zero-order valence-corrected chi connectivity index (χ0v) is 15.7. The number of carbonyl (C=O) groups is 1. The highest BCUT2D eigenvalue weighted by molar-refractivity contribution is 5.92. The molecule has 1 aliphatic rings. The lowest BCUT2D eigenvalue weighted by Crippen LogP contribution is -2.39. The van der Waals surface area contributed by atoms with Crippen molar-refractivity contribution in [2.75, 3.05) is 25.0 Å². The van der Waals surface area contributed by atoms with Crippen LogP contribution in [0.15, 0.2) is 36.4 Å². The Morgan fingerprint density at radius 1 is 1.19 bits per heavy atom. The van der Waals surface area contributed by atoms with Gasteiger partial charge >= 0.3 is 0 Å². The summed E-state index contributed by atoms with van der Waals surface area (Å²) in [5, 5.41) is 3.17. The van der Waals surface area contributed by atoms with Crippen LogP contribution in [0.25, 0.3) is 0 Å². The van der Waals surface area contributed by atoms with Crippen LogP contribution in [-0.4, -0.2) is 40.4 Å². The maximum atomic E-state index is 12.9. The summed E-state index contributed by atoms with van der Waals surface area (Å²) in [6.45, 7) is 6.41. The summed E-state index contributed by atoms with van der Waals surface area (Å²) in [5.41, 5.74) is 2.70. The van der Waals surface area contributed by atoms with E-state index in [1.807, 2.05) is 11.8 Å². The lowest BCUT2D eigenvalue weighted by atomic mass is 9.90. The van der Waals surface area contributed by atoms with Crippen molar-refractivity contribution in [3.63, 3.8) is 0 Å². The second-order valence-electron chi connectivity index (χ2n) is 7.07. The summed E-state index contributed by atoms with van der Waals surface area (Å²) in [7, 11) is 0. The third-order valence-corrected chi connectivity index (χ3v) is 4.88. The summed E-state index contributed by atoms with van der Waals surface area (Å²) in [4.78, 5) is 23.6. The van der Waals surface area contributed by atoms with Crippen molar-refractivity contribution in [3.05, 3.63) is 53.3 Å². The Balaban J connectivity index is 1.59. The number of aryl methyl sites for hydroxylation is 1. The monoisotopic (exact) mass is 352 g/mol. The van der Waals surface area contributed by atoms with Gasteiger partial charge in [-0.2, -0.15) is 0 Å². The van der Waals surface area contributed by atoms with Gasteiger partial charge in [0.1, 0.15) is 5.69 Å². The molecule has 1 saturated heterocycles. The fourth-order valence-corrected chi connectivity index (χ4v) is 3.44. The molecule has 2 heterocycles. The van der Waals surface area contributed by atoms with Crippen LogP contribution in [0.3, 0.4) is 0 Å². The molecule has 1 aromatic carbocycles. The molecule has 1 amide bonds. The molecule has 1 fully saturated rings. The summed E-state index contributed by atoms with van der Waals surface area (Å²) < 4.78 is 0. The number of rotatable bonds is 6. The molecule has 1 aromatic heterocycles. The fourth-order valence-electron chi connectivity index (χ4n) is 3.44. The van der Waals surface area contributed by atoms with E-state index in [0.717, 1.165) is 51.0 Å². The number of nitrogens with one attached hydrogen (secondary N) is 1. The number of benzene rings is 1. The Labute approximate surface area is 155 Å². The van der Waals surface area contributed by atoms with Gasteiger partial charge in [0.2, 0.25) is 5.95 Å². The van der Waals surface area contributed by atoms with Crippen LogP contribution in [0.1, 0.15) is 47.9 Å². The first-order valence-corrected chi connectivity index (χ1v) is 9.58. The predicted molar refractivity (Wildman–Crippen MR) is 104 cm³/mol. The molecule has 26 heavy (non-hydrogen) atoms. The van der Waals surface area contributed by atoms with E-state index in [4.69, 9.17) is 0 Å². The second kappa shape index (κ2) is 8.79. The smallest absolute Gasteiger partial charge is 0.272 e. The van der Waals surface area contributed by atoms with Gasteiger partial charge in [-0.3, -0.25) is 4.79 Å². The number of piperidine rings is 1. The normalized spacial score (nSPS) is 15.1. The Morgan fingerprint density at radius 3 is 2.62 bits per heavy atom. The third kappa shape index (κ3) is 4.81. The van der Waals surface area contributed by atoms with Gasteiger partial charge in [-0.25, -0.2) is 9.97 Å². The van der Waals surface area contributed by atoms with Gasteiger partial charge in [0, 0.05) is 25.3 Å². The minimum atomic E-state index is 0.0215. The lowest BCUT2D eigenvalue weighted by molar-refractivity contribution is 0.0684. The van der Waals surface area contributed by atoms with Gasteiger partial charge in [0.15, 0.2) is 0 Å². The average Bonchev–Trinajstić information content (AvgIpc) is 2.67. The average molecular weight is 352 g/mol.